The predicted molar refractivity (Wildman–Crippen MR) is 119 cm³/mol. The average molecular weight is 445 g/mol. The zero-order valence-corrected chi connectivity index (χ0v) is 18.4. The van der Waals surface area contributed by atoms with Gasteiger partial charge in [-0.15, -0.1) is 0 Å². The first-order chi connectivity index (χ1) is 14.8. The monoisotopic (exact) mass is 444 g/mol. The molecule has 0 aliphatic carbocycles. The SMILES string of the molecule is Cc1cc(/C(CSCCO)=C2\Cc3cc4c(c(=O)n3C2)COC(=O)C4C)c(N)cc1F. The molecule has 1 aromatic heterocycles. The van der Waals surface area contributed by atoms with Gasteiger partial charge in [0.2, 0.25) is 0 Å². The molecule has 164 valence electrons. The van der Waals surface area contributed by atoms with E-state index in [9.17, 15) is 19.1 Å². The van der Waals surface area contributed by atoms with Crippen LogP contribution in [0.25, 0.3) is 5.57 Å². The van der Waals surface area contributed by atoms with Crippen LogP contribution >= 0.6 is 11.8 Å². The number of fused-ring (bicyclic) bond motifs is 2. The third-order valence-corrected chi connectivity index (χ3v) is 6.97. The minimum Gasteiger partial charge on any atom is -0.460 e. The van der Waals surface area contributed by atoms with E-state index in [1.807, 2.05) is 6.07 Å². The number of benzene rings is 1. The molecule has 1 atom stereocenters. The first-order valence-corrected chi connectivity index (χ1v) is 11.3. The number of carbonyl (C=O) groups excluding carboxylic acids is 1. The second-order valence-corrected chi connectivity index (χ2v) is 9.12. The molecule has 3 heterocycles. The number of pyridine rings is 1. The van der Waals surface area contributed by atoms with E-state index in [2.05, 4.69) is 0 Å². The minimum absolute atomic E-state index is 0.0000183. The molecule has 0 fully saturated rings. The van der Waals surface area contributed by atoms with Gasteiger partial charge in [0.1, 0.15) is 12.4 Å². The molecule has 0 saturated heterocycles. The molecule has 0 radical (unpaired) electrons. The molecule has 0 amide bonds. The molecule has 0 spiro atoms. The van der Waals surface area contributed by atoms with Crippen LogP contribution in [0.2, 0.25) is 0 Å². The third kappa shape index (κ3) is 3.90. The van der Waals surface area contributed by atoms with Gasteiger partial charge in [0.25, 0.3) is 5.56 Å². The Labute approximate surface area is 183 Å². The van der Waals surface area contributed by atoms with Crippen molar-refractivity contribution in [2.45, 2.75) is 39.3 Å². The maximum absolute atomic E-state index is 14.0. The second kappa shape index (κ2) is 8.51. The van der Waals surface area contributed by atoms with E-state index in [0.717, 1.165) is 28.0 Å². The Morgan fingerprint density at radius 2 is 2.13 bits per heavy atom. The fourth-order valence-electron chi connectivity index (χ4n) is 4.24. The Morgan fingerprint density at radius 3 is 2.87 bits per heavy atom. The molecule has 0 bridgehead atoms. The number of aryl methyl sites for hydroxylation is 1. The Bertz CT molecular complexity index is 1160. The van der Waals surface area contributed by atoms with Crippen molar-refractivity contribution >= 4 is 29.0 Å². The highest BCUT2D eigenvalue weighted by atomic mass is 32.2. The van der Waals surface area contributed by atoms with Gasteiger partial charge < -0.3 is 20.1 Å². The van der Waals surface area contributed by atoms with Crippen molar-refractivity contribution in [3.63, 3.8) is 0 Å². The zero-order chi connectivity index (χ0) is 22.3. The molecular formula is C23H25FN2O4S. The molecule has 1 unspecified atom stereocenters. The van der Waals surface area contributed by atoms with Crippen molar-refractivity contribution in [1.82, 2.24) is 4.57 Å². The van der Waals surface area contributed by atoms with Crippen molar-refractivity contribution in [2.24, 2.45) is 0 Å². The van der Waals surface area contributed by atoms with E-state index in [4.69, 9.17) is 10.5 Å². The number of aromatic nitrogens is 1. The van der Waals surface area contributed by atoms with Crippen LogP contribution < -0.4 is 11.3 Å². The molecule has 6 nitrogen and oxygen atoms in total. The van der Waals surface area contributed by atoms with E-state index in [1.54, 1.807) is 36.2 Å². The van der Waals surface area contributed by atoms with Gasteiger partial charge in [0, 0.05) is 41.4 Å². The molecule has 8 heteroatoms. The van der Waals surface area contributed by atoms with Crippen LogP contribution in [-0.2, 0) is 29.1 Å². The number of cyclic esters (lactones) is 1. The van der Waals surface area contributed by atoms with Gasteiger partial charge >= 0.3 is 5.97 Å². The van der Waals surface area contributed by atoms with Gasteiger partial charge in [-0.1, -0.05) is 0 Å². The van der Waals surface area contributed by atoms with E-state index in [0.29, 0.717) is 41.3 Å². The summed E-state index contributed by atoms with van der Waals surface area (Å²) in [5.41, 5.74) is 11.8. The van der Waals surface area contributed by atoms with Gasteiger partial charge in [0.15, 0.2) is 0 Å². The molecule has 0 saturated carbocycles. The van der Waals surface area contributed by atoms with Crippen molar-refractivity contribution < 1.29 is 19.0 Å². The molecule has 2 aliphatic rings. The third-order valence-electron chi connectivity index (χ3n) is 6.01. The lowest BCUT2D eigenvalue weighted by molar-refractivity contribution is -0.147. The number of aliphatic hydroxyl groups excluding tert-OH is 1. The highest BCUT2D eigenvalue weighted by molar-refractivity contribution is 7.99. The summed E-state index contributed by atoms with van der Waals surface area (Å²) in [7, 11) is 0. The summed E-state index contributed by atoms with van der Waals surface area (Å²) in [4.78, 5) is 25.1. The van der Waals surface area contributed by atoms with Crippen LogP contribution in [0.4, 0.5) is 10.1 Å². The van der Waals surface area contributed by atoms with Crippen LogP contribution in [-0.4, -0.2) is 33.8 Å². The number of aliphatic hydroxyl groups is 1. The number of rotatable bonds is 5. The van der Waals surface area contributed by atoms with Gasteiger partial charge in [-0.2, -0.15) is 11.8 Å². The summed E-state index contributed by atoms with van der Waals surface area (Å²) in [5.74, 6) is 0.0122. The van der Waals surface area contributed by atoms with Crippen LogP contribution in [0.1, 0.15) is 40.8 Å². The van der Waals surface area contributed by atoms with Crippen molar-refractivity contribution in [3.05, 3.63) is 67.9 Å². The van der Waals surface area contributed by atoms with Gasteiger partial charge in [-0.25, -0.2) is 4.39 Å². The fourth-order valence-corrected chi connectivity index (χ4v) is 5.08. The number of esters is 1. The number of carbonyl (C=O) groups is 1. The molecular weight excluding hydrogens is 419 g/mol. The topological polar surface area (TPSA) is 94.5 Å². The average Bonchev–Trinajstić information content (AvgIpc) is 3.16. The Hall–Kier alpha value is -2.58. The lowest BCUT2D eigenvalue weighted by Gasteiger charge is -2.22. The van der Waals surface area contributed by atoms with Crippen molar-refractivity contribution in [2.75, 3.05) is 23.8 Å². The first-order valence-electron chi connectivity index (χ1n) is 10.2. The zero-order valence-electron chi connectivity index (χ0n) is 17.5. The molecule has 2 aromatic rings. The van der Waals surface area contributed by atoms with Gasteiger partial charge in [0.05, 0.1) is 18.1 Å². The van der Waals surface area contributed by atoms with Crippen molar-refractivity contribution in [3.8, 4) is 0 Å². The highest BCUT2D eigenvalue weighted by Crippen LogP contribution is 2.35. The Kier molecular flexibility index (Phi) is 5.94. The molecule has 4 rings (SSSR count). The van der Waals surface area contributed by atoms with Crippen LogP contribution in [0.3, 0.4) is 0 Å². The number of allylic oxidation sites excluding steroid dienone is 1. The van der Waals surface area contributed by atoms with Crippen LogP contribution in [0.5, 0.6) is 0 Å². The van der Waals surface area contributed by atoms with Crippen LogP contribution in [0.15, 0.2) is 28.6 Å². The number of halogens is 1. The normalized spacial score (nSPS) is 19.1. The number of nitrogens with two attached hydrogens (primary N) is 1. The lowest BCUT2D eigenvalue weighted by Crippen LogP contribution is -2.32. The number of anilines is 1. The fraction of sp³-hybridized carbons (Fsp3) is 0.391. The number of hydrogen-bond acceptors (Lipinski definition) is 6. The van der Waals surface area contributed by atoms with E-state index in [-0.39, 0.29) is 30.6 Å². The van der Waals surface area contributed by atoms with Gasteiger partial charge in [-0.3, -0.25) is 9.59 Å². The Morgan fingerprint density at radius 1 is 1.35 bits per heavy atom. The highest BCUT2D eigenvalue weighted by Gasteiger charge is 2.32. The number of nitrogens with zero attached hydrogens (tertiary/aromatic N) is 1. The molecule has 31 heavy (non-hydrogen) atoms. The summed E-state index contributed by atoms with van der Waals surface area (Å²) in [6, 6.07) is 5.02. The van der Waals surface area contributed by atoms with Gasteiger partial charge in [-0.05, 0) is 54.3 Å². The maximum atomic E-state index is 14.0. The standard InChI is InChI=1S/C23H25FN2O4S/c1-12-5-17(21(25)8-20(12)24)19(11-31-4-3-27)14-6-15-7-16-13(2)23(29)30-10-18(16)22(28)26(15)9-14/h5,7-8,13,27H,3-4,6,9-11,25H2,1-2H3/b19-14+. The number of ether oxygens (including phenoxy) is 1. The molecule has 1 aromatic carbocycles. The summed E-state index contributed by atoms with van der Waals surface area (Å²) in [6.07, 6.45) is 0.551. The molecule has 2 aliphatic heterocycles. The number of nitrogen functional groups attached to an aromatic ring is 1. The van der Waals surface area contributed by atoms with E-state index < -0.39 is 5.92 Å². The minimum atomic E-state index is -0.467. The predicted octanol–water partition coefficient (Wildman–Crippen LogP) is 2.77. The lowest BCUT2D eigenvalue weighted by atomic mass is 9.93. The number of thioether (sulfide) groups is 1. The Balaban J connectivity index is 1.81. The summed E-state index contributed by atoms with van der Waals surface area (Å²) in [6.45, 7) is 3.92. The summed E-state index contributed by atoms with van der Waals surface area (Å²) < 4.78 is 20.9. The van der Waals surface area contributed by atoms with E-state index in [1.165, 1.54) is 6.07 Å². The summed E-state index contributed by atoms with van der Waals surface area (Å²) in [5, 5.41) is 9.20. The second-order valence-electron chi connectivity index (χ2n) is 8.01. The quantitative estimate of drug-likeness (QED) is 0.418. The maximum Gasteiger partial charge on any atom is 0.313 e. The number of hydrogen-bond donors (Lipinski definition) is 2. The van der Waals surface area contributed by atoms with Crippen molar-refractivity contribution in [1.29, 1.82) is 0 Å². The first kappa shape index (κ1) is 21.6. The summed E-state index contributed by atoms with van der Waals surface area (Å²) >= 11 is 1.56. The largest absolute Gasteiger partial charge is 0.460 e. The van der Waals surface area contributed by atoms with Crippen LogP contribution in [0, 0.1) is 12.7 Å². The van der Waals surface area contributed by atoms with E-state index >= 15 is 0 Å². The smallest absolute Gasteiger partial charge is 0.313 e. The molecule has 3 N–H and O–H groups in total.